The number of nitrogens with zero attached hydrogens (tertiary/aromatic N) is 1. The van der Waals surface area contributed by atoms with E-state index in [1.54, 1.807) is 0 Å². The van der Waals surface area contributed by atoms with E-state index in [2.05, 4.69) is 15.0 Å². The van der Waals surface area contributed by atoms with Crippen molar-refractivity contribution in [3.8, 4) is 0 Å². The summed E-state index contributed by atoms with van der Waals surface area (Å²) < 4.78 is 95.0. The van der Waals surface area contributed by atoms with Crippen molar-refractivity contribution >= 4 is 38.7 Å². The molecule has 7 nitrogen and oxygen atoms in total. The van der Waals surface area contributed by atoms with Crippen LogP contribution in [-0.4, -0.2) is 44.2 Å². The summed E-state index contributed by atoms with van der Waals surface area (Å²) in [5.74, 6) is -7.42. The fourth-order valence-corrected chi connectivity index (χ4v) is 4.59. The third-order valence-electron chi connectivity index (χ3n) is 4.27. The van der Waals surface area contributed by atoms with Crippen LogP contribution in [0.5, 0.6) is 0 Å². The zero-order valence-corrected chi connectivity index (χ0v) is 18.5. The predicted molar refractivity (Wildman–Crippen MR) is 105 cm³/mol. The van der Waals surface area contributed by atoms with Gasteiger partial charge in [-0.05, 0) is 24.6 Å². The Hall–Kier alpha value is -2.61. The van der Waals surface area contributed by atoms with Crippen molar-refractivity contribution in [2.45, 2.75) is 37.4 Å². The predicted octanol–water partition coefficient (Wildman–Crippen LogP) is 4.19. The van der Waals surface area contributed by atoms with Gasteiger partial charge in [0.15, 0.2) is 15.6 Å². The highest BCUT2D eigenvalue weighted by Gasteiger charge is 2.60. The third-order valence-corrected chi connectivity index (χ3v) is 7.23. The maximum absolute atomic E-state index is 13.8. The van der Waals surface area contributed by atoms with Crippen LogP contribution in [0.25, 0.3) is 0 Å². The summed E-state index contributed by atoms with van der Waals surface area (Å²) in [5, 5.41) is 2.53. The quantitative estimate of drug-likeness (QED) is 0.329. The van der Waals surface area contributed by atoms with E-state index in [-0.39, 0.29) is 38.9 Å². The Morgan fingerprint density at radius 1 is 1.19 bits per heavy atom. The number of pyridine rings is 1. The van der Waals surface area contributed by atoms with Crippen molar-refractivity contribution in [2.24, 2.45) is 0 Å². The van der Waals surface area contributed by atoms with Gasteiger partial charge in [-0.2, -0.15) is 22.0 Å². The summed E-state index contributed by atoms with van der Waals surface area (Å²) in [6.07, 6.45) is -4.81. The van der Waals surface area contributed by atoms with Crippen LogP contribution in [0.4, 0.5) is 27.8 Å². The van der Waals surface area contributed by atoms with Crippen molar-refractivity contribution in [1.29, 1.82) is 0 Å². The lowest BCUT2D eigenvalue weighted by molar-refractivity contribution is -0.287. The molecule has 0 aliphatic carbocycles. The van der Waals surface area contributed by atoms with Gasteiger partial charge in [0.05, 0.1) is 17.7 Å². The van der Waals surface area contributed by atoms with E-state index in [9.17, 15) is 40.0 Å². The first-order valence-corrected chi connectivity index (χ1v) is 11.3. The smallest absolute Gasteiger partial charge is 0.458 e. The number of Topliss-reactive ketones (excluding diaryl/α,β-unsaturated/α-hetero) is 1. The second kappa shape index (κ2) is 9.10. The van der Waals surface area contributed by atoms with E-state index < -0.39 is 50.0 Å². The van der Waals surface area contributed by atoms with Gasteiger partial charge in [0.1, 0.15) is 15.6 Å². The van der Waals surface area contributed by atoms with Crippen molar-refractivity contribution in [2.75, 3.05) is 18.2 Å². The van der Waals surface area contributed by atoms with Crippen LogP contribution in [0.3, 0.4) is 0 Å². The monoisotopic (exact) mass is 500 g/mol. The van der Waals surface area contributed by atoms with E-state index in [1.165, 1.54) is 13.8 Å². The van der Waals surface area contributed by atoms with Crippen molar-refractivity contribution in [3.63, 3.8) is 0 Å². The standard InChI is InChI=1S/C18H17F5N2O5S2/c1-4-32(28,29)12-5-10(9(2)26)7-24-15(12)25-8-11-6-13(17(19,20)18(21,22)23)31-14(11)16(27)30-3/h5-7H,4,8H2,1-3H3,(H,24,25). The van der Waals surface area contributed by atoms with E-state index in [4.69, 9.17) is 0 Å². The molecule has 0 fully saturated rings. The summed E-state index contributed by atoms with van der Waals surface area (Å²) in [4.78, 5) is 25.0. The van der Waals surface area contributed by atoms with Crippen LogP contribution in [0.1, 0.15) is 44.3 Å². The third kappa shape index (κ3) is 5.06. The maximum Gasteiger partial charge on any atom is 0.458 e. The first kappa shape index (κ1) is 25.6. The first-order valence-electron chi connectivity index (χ1n) is 8.79. The number of rotatable bonds is 8. The van der Waals surface area contributed by atoms with Gasteiger partial charge in [0.25, 0.3) is 0 Å². The number of thiophene rings is 1. The number of ether oxygens (including phenoxy) is 1. The van der Waals surface area contributed by atoms with Gasteiger partial charge >= 0.3 is 18.1 Å². The second-order valence-corrected chi connectivity index (χ2v) is 9.71. The Morgan fingerprint density at radius 3 is 2.31 bits per heavy atom. The van der Waals surface area contributed by atoms with Crippen LogP contribution < -0.4 is 5.32 Å². The highest BCUT2D eigenvalue weighted by Crippen LogP contribution is 2.47. The Bertz CT molecular complexity index is 1140. The number of aromatic nitrogens is 1. The molecule has 2 heterocycles. The number of methoxy groups -OCH3 is 1. The maximum atomic E-state index is 13.8. The number of carbonyl (C=O) groups is 2. The molecule has 0 aliphatic rings. The average Bonchev–Trinajstić information content (AvgIpc) is 3.15. The van der Waals surface area contributed by atoms with Crippen LogP contribution >= 0.6 is 11.3 Å². The largest absolute Gasteiger partial charge is 0.465 e. The molecule has 0 bridgehead atoms. The number of hydrogen-bond donors (Lipinski definition) is 1. The lowest BCUT2D eigenvalue weighted by Crippen LogP contribution is -2.32. The fourth-order valence-electron chi connectivity index (χ4n) is 2.46. The van der Waals surface area contributed by atoms with Gasteiger partial charge in [-0.25, -0.2) is 18.2 Å². The number of nitrogens with one attached hydrogen (secondary N) is 1. The molecule has 32 heavy (non-hydrogen) atoms. The fraction of sp³-hybridized carbons (Fsp3) is 0.389. The van der Waals surface area contributed by atoms with Gasteiger partial charge in [-0.3, -0.25) is 4.79 Å². The number of carbonyl (C=O) groups excluding carboxylic acids is 2. The normalized spacial score (nSPS) is 12.5. The van der Waals surface area contributed by atoms with Gasteiger partial charge in [0.2, 0.25) is 0 Å². The summed E-state index contributed by atoms with van der Waals surface area (Å²) in [5.41, 5.74) is -0.279. The highest BCUT2D eigenvalue weighted by molar-refractivity contribution is 7.91. The topological polar surface area (TPSA) is 102 Å². The summed E-state index contributed by atoms with van der Waals surface area (Å²) in [6, 6.07) is 1.57. The Morgan fingerprint density at radius 2 is 1.81 bits per heavy atom. The molecule has 0 radical (unpaired) electrons. The number of ketones is 1. The zero-order chi connectivity index (χ0) is 24.5. The minimum absolute atomic E-state index is 0.000429. The van der Waals surface area contributed by atoms with E-state index in [0.29, 0.717) is 6.07 Å². The molecule has 0 saturated carbocycles. The van der Waals surface area contributed by atoms with Crippen LogP contribution in [0, 0.1) is 0 Å². The molecular formula is C18H17F5N2O5S2. The lowest BCUT2D eigenvalue weighted by Gasteiger charge is -2.17. The molecule has 2 aromatic rings. The molecule has 0 spiro atoms. The highest BCUT2D eigenvalue weighted by atomic mass is 32.2. The molecule has 2 aromatic heterocycles. The van der Waals surface area contributed by atoms with Crippen molar-refractivity contribution in [1.82, 2.24) is 4.98 Å². The number of halogens is 5. The van der Waals surface area contributed by atoms with Crippen LogP contribution in [-0.2, 0) is 27.0 Å². The molecule has 0 amide bonds. The van der Waals surface area contributed by atoms with E-state index in [1.807, 2.05) is 0 Å². The molecule has 0 aromatic carbocycles. The first-order chi connectivity index (χ1) is 14.7. The van der Waals surface area contributed by atoms with E-state index in [0.717, 1.165) is 19.4 Å². The number of anilines is 1. The van der Waals surface area contributed by atoms with E-state index >= 15 is 0 Å². The van der Waals surface area contributed by atoms with Crippen molar-refractivity contribution in [3.05, 3.63) is 39.2 Å². The molecule has 176 valence electrons. The van der Waals surface area contributed by atoms with Gasteiger partial charge in [0, 0.05) is 18.3 Å². The minimum Gasteiger partial charge on any atom is -0.465 e. The summed E-state index contributed by atoms with van der Waals surface area (Å²) in [6.45, 7) is 2.02. The number of alkyl halides is 5. The Kier molecular flexibility index (Phi) is 7.29. The molecule has 0 saturated heterocycles. The Labute approximate surface area is 183 Å². The molecule has 1 N–H and O–H groups in total. The molecule has 2 rings (SSSR count). The molecule has 0 aliphatic heterocycles. The molecule has 14 heteroatoms. The van der Waals surface area contributed by atoms with Gasteiger partial charge in [-0.15, -0.1) is 11.3 Å². The minimum atomic E-state index is -5.89. The summed E-state index contributed by atoms with van der Waals surface area (Å²) >= 11 is -0.0861. The summed E-state index contributed by atoms with van der Waals surface area (Å²) in [7, 11) is -2.97. The van der Waals surface area contributed by atoms with Crippen LogP contribution in [0.15, 0.2) is 23.2 Å². The van der Waals surface area contributed by atoms with Crippen molar-refractivity contribution < 1.29 is 44.7 Å². The number of sulfone groups is 1. The van der Waals surface area contributed by atoms with Crippen LogP contribution in [0.2, 0.25) is 0 Å². The lowest BCUT2D eigenvalue weighted by atomic mass is 10.2. The Balaban J connectivity index is 2.50. The number of hydrogen-bond acceptors (Lipinski definition) is 8. The molecular weight excluding hydrogens is 483 g/mol. The second-order valence-electron chi connectivity index (χ2n) is 6.41. The SMILES string of the molecule is CCS(=O)(=O)c1cc(C(C)=O)cnc1NCc1cc(C(F)(F)C(F)(F)F)sc1C(=O)OC. The zero-order valence-electron chi connectivity index (χ0n) is 16.8. The molecule has 0 unspecified atom stereocenters. The van der Waals surface area contributed by atoms with Gasteiger partial charge in [-0.1, -0.05) is 6.92 Å². The van der Waals surface area contributed by atoms with Gasteiger partial charge < -0.3 is 10.1 Å². The number of esters is 1. The molecule has 0 atom stereocenters. The average molecular weight is 500 g/mol.